The van der Waals surface area contributed by atoms with Gasteiger partial charge in [-0.3, -0.25) is 0 Å². The maximum atomic E-state index is 5.60. The Morgan fingerprint density at radius 3 is 1.14 bits per heavy atom. The molecule has 13 N–H and O–H groups in total. The Balaban J connectivity index is 3.68. The summed E-state index contributed by atoms with van der Waals surface area (Å²) >= 11 is 0. The van der Waals surface area contributed by atoms with Gasteiger partial charge in [-0.15, -0.1) is 0 Å². The minimum atomic E-state index is 0.699. The Morgan fingerprint density at radius 1 is 0.371 bits per heavy atom. The van der Waals surface area contributed by atoms with E-state index >= 15 is 0 Å². The predicted octanol–water partition coefficient (Wildman–Crippen LogP) is -1.89. The van der Waals surface area contributed by atoms with Gasteiger partial charge in [0.05, 0.1) is 0 Å². The van der Waals surface area contributed by atoms with Crippen molar-refractivity contribution in [3.05, 3.63) is 12.2 Å². The van der Waals surface area contributed by atoms with E-state index in [2.05, 4.69) is 49.4 Å². The minimum Gasteiger partial charge on any atom is -0.330 e. The monoisotopic (exact) mass is 501 g/mol. The van der Waals surface area contributed by atoms with E-state index in [0.29, 0.717) is 13.1 Å². The molecule has 0 aliphatic carbocycles. The van der Waals surface area contributed by atoms with Crippen LogP contribution < -0.4 is 54.4 Å². The number of hydrogen-bond donors (Lipinski definition) is 10. The van der Waals surface area contributed by atoms with E-state index in [4.69, 9.17) is 17.2 Å². The highest BCUT2D eigenvalue weighted by Crippen LogP contribution is 2.11. The lowest BCUT2D eigenvalue weighted by Crippen LogP contribution is -2.36. The molecular formula is C25H60N10. The van der Waals surface area contributed by atoms with Crippen LogP contribution in [0.15, 0.2) is 12.2 Å². The molecule has 0 spiro atoms. The van der Waals surface area contributed by atoms with E-state index < -0.39 is 0 Å². The van der Waals surface area contributed by atoms with Crippen molar-refractivity contribution in [1.82, 2.24) is 37.2 Å². The SMILES string of the molecule is NCC/C=C/CCNCCNCCC(CCNCCN)CCNCCNCCNCCNCCN. The molecule has 0 aliphatic heterocycles. The molecule has 0 saturated carbocycles. The maximum Gasteiger partial charge on any atom is 0.00772 e. The molecule has 0 aromatic carbocycles. The molecule has 0 aromatic heterocycles. The van der Waals surface area contributed by atoms with Gasteiger partial charge in [0.2, 0.25) is 0 Å². The quantitative estimate of drug-likeness (QED) is 0.0399. The van der Waals surface area contributed by atoms with Crippen molar-refractivity contribution in [2.75, 3.05) is 111 Å². The van der Waals surface area contributed by atoms with Crippen molar-refractivity contribution < 1.29 is 0 Å². The van der Waals surface area contributed by atoms with E-state index in [-0.39, 0.29) is 0 Å². The molecule has 1 atom stereocenters. The van der Waals surface area contributed by atoms with Gasteiger partial charge in [0.1, 0.15) is 0 Å². The van der Waals surface area contributed by atoms with Gasteiger partial charge in [-0.2, -0.15) is 0 Å². The third-order valence-electron chi connectivity index (χ3n) is 5.73. The van der Waals surface area contributed by atoms with Crippen molar-refractivity contribution in [2.24, 2.45) is 23.1 Å². The zero-order valence-corrected chi connectivity index (χ0v) is 22.5. The molecule has 0 rings (SSSR count). The zero-order valence-electron chi connectivity index (χ0n) is 22.5. The Kier molecular flexibility index (Phi) is 30.8. The summed E-state index contributed by atoms with van der Waals surface area (Å²) in [4.78, 5) is 0. The van der Waals surface area contributed by atoms with Crippen LogP contribution in [0.25, 0.3) is 0 Å². The second-order valence-corrected chi connectivity index (χ2v) is 8.90. The fourth-order valence-electron chi connectivity index (χ4n) is 3.66. The first-order valence-corrected chi connectivity index (χ1v) is 14.0. The first kappa shape index (κ1) is 34.3. The van der Waals surface area contributed by atoms with E-state index in [1.165, 1.54) is 19.3 Å². The lowest BCUT2D eigenvalue weighted by atomic mass is 9.97. The van der Waals surface area contributed by atoms with Gasteiger partial charge < -0.3 is 54.4 Å². The van der Waals surface area contributed by atoms with Crippen LogP contribution in [0.2, 0.25) is 0 Å². The molecule has 0 saturated heterocycles. The molecule has 0 amide bonds. The molecule has 1 unspecified atom stereocenters. The molecule has 0 bridgehead atoms. The Bertz CT molecular complexity index is 412. The molecule has 10 heteroatoms. The van der Waals surface area contributed by atoms with Crippen LogP contribution >= 0.6 is 0 Å². The van der Waals surface area contributed by atoms with Gasteiger partial charge in [-0.25, -0.2) is 0 Å². The van der Waals surface area contributed by atoms with Crippen LogP contribution in [0, 0.1) is 5.92 Å². The maximum absolute atomic E-state index is 5.60. The molecule has 0 fully saturated rings. The molecule has 0 radical (unpaired) electrons. The highest BCUT2D eigenvalue weighted by atomic mass is 15.0. The summed E-state index contributed by atoms with van der Waals surface area (Å²) in [5, 5.41) is 24.3. The van der Waals surface area contributed by atoms with Crippen molar-refractivity contribution >= 4 is 0 Å². The molecule has 10 nitrogen and oxygen atoms in total. The highest BCUT2D eigenvalue weighted by Gasteiger charge is 2.08. The van der Waals surface area contributed by atoms with Gasteiger partial charge in [-0.1, -0.05) is 12.2 Å². The summed E-state index contributed by atoms with van der Waals surface area (Å²) in [5.41, 5.74) is 16.5. The number of rotatable bonds is 30. The van der Waals surface area contributed by atoms with E-state index in [1.807, 2.05) is 0 Å². The largest absolute Gasteiger partial charge is 0.330 e. The minimum absolute atomic E-state index is 0.699. The summed E-state index contributed by atoms with van der Waals surface area (Å²) in [6.07, 6.45) is 10.1. The summed E-state index contributed by atoms with van der Waals surface area (Å²) < 4.78 is 0. The average molecular weight is 501 g/mol. The van der Waals surface area contributed by atoms with Gasteiger partial charge in [-0.05, 0) is 70.7 Å². The molecular weight excluding hydrogens is 440 g/mol. The number of hydrogen-bond acceptors (Lipinski definition) is 10. The highest BCUT2D eigenvalue weighted by molar-refractivity contribution is 4.82. The smallest absolute Gasteiger partial charge is 0.00772 e. The Hall–Kier alpha value is -0.660. The lowest BCUT2D eigenvalue weighted by molar-refractivity contribution is 0.389. The second kappa shape index (κ2) is 31.4. The first-order chi connectivity index (χ1) is 17.3. The van der Waals surface area contributed by atoms with E-state index in [1.54, 1.807) is 0 Å². The molecule has 0 aliphatic rings. The normalized spacial score (nSPS) is 12.7. The van der Waals surface area contributed by atoms with E-state index in [9.17, 15) is 0 Å². The third kappa shape index (κ3) is 29.5. The van der Waals surface area contributed by atoms with Gasteiger partial charge in [0.15, 0.2) is 0 Å². The van der Waals surface area contributed by atoms with E-state index in [0.717, 1.165) is 117 Å². The van der Waals surface area contributed by atoms with Gasteiger partial charge in [0.25, 0.3) is 0 Å². The van der Waals surface area contributed by atoms with Gasteiger partial charge in [0, 0.05) is 78.5 Å². The lowest BCUT2D eigenvalue weighted by Gasteiger charge is -2.18. The van der Waals surface area contributed by atoms with Crippen molar-refractivity contribution in [2.45, 2.75) is 32.1 Å². The van der Waals surface area contributed by atoms with Crippen molar-refractivity contribution in [3.63, 3.8) is 0 Å². The molecule has 35 heavy (non-hydrogen) atoms. The van der Waals surface area contributed by atoms with Crippen molar-refractivity contribution in [3.8, 4) is 0 Å². The standard InChI is InChI=1S/C25H60N10/c26-8-3-1-2-4-11-29-17-18-31-13-6-25(5-12-30-15-9-27)7-14-32-19-21-34-23-24-35-22-20-33-16-10-28/h1-2,25,29-35H,3-24,26-28H2/b2-1+. The number of nitrogens with two attached hydrogens (primary N) is 3. The first-order valence-electron chi connectivity index (χ1n) is 14.0. The van der Waals surface area contributed by atoms with Gasteiger partial charge >= 0.3 is 0 Å². The summed E-state index contributed by atoms with van der Waals surface area (Å²) in [7, 11) is 0. The Morgan fingerprint density at radius 2 is 0.714 bits per heavy atom. The second-order valence-electron chi connectivity index (χ2n) is 8.90. The Labute approximate surface area is 216 Å². The molecule has 210 valence electrons. The van der Waals surface area contributed by atoms with Crippen LogP contribution in [0.5, 0.6) is 0 Å². The summed E-state index contributed by atoms with van der Waals surface area (Å²) in [5.74, 6) is 0.728. The fraction of sp³-hybridized carbons (Fsp3) is 0.920. The van der Waals surface area contributed by atoms with Crippen LogP contribution in [0.4, 0.5) is 0 Å². The van der Waals surface area contributed by atoms with Crippen LogP contribution in [0.3, 0.4) is 0 Å². The third-order valence-corrected chi connectivity index (χ3v) is 5.73. The van der Waals surface area contributed by atoms with Crippen LogP contribution in [-0.2, 0) is 0 Å². The van der Waals surface area contributed by atoms with Crippen LogP contribution in [-0.4, -0.2) is 111 Å². The van der Waals surface area contributed by atoms with Crippen molar-refractivity contribution in [1.29, 1.82) is 0 Å². The summed E-state index contributed by atoms with van der Waals surface area (Å²) in [6.45, 7) is 16.2. The molecule has 0 aromatic rings. The zero-order chi connectivity index (χ0) is 25.5. The van der Waals surface area contributed by atoms with Crippen LogP contribution in [0.1, 0.15) is 32.1 Å². The summed E-state index contributed by atoms with van der Waals surface area (Å²) in [6, 6.07) is 0. The molecule has 0 heterocycles. The predicted molar refractivity (Wildman–Crippen MR) is 153 cm³/mol. The fourth-order valence-corrected chi connectivity index (χ4v) is 3.66. The average Bonchev–Trinajstić information content (AvgIpc) is 2.87. The number of nitrogens with one attached hydrogen (secondary N) is 7. The topological polar surface area (TPSA) is 162 Å².